The van der Waals surface area contributed by atoms with Gasteiger partial charge in [-0.25, -0.2) is 0 Å². The van der Waals surface area contributed by atoms with Gasteiger partial charge in [0.05, 0.1) is 52.9 Å². The first kappa shape index (κ1) is 37.2. The summed E-state index contributed by atoms with van der Waals surface area (Å²) >= 11 is 0. The molecule has 12 heteroatoms. The van der Waals surface area contributed by atoms with Gasteiger partial charge in [-0.3, -0.25) is 9.59 Å². The first-order chi connectivity index (χ1) is 18.8. The predicted octanol–water partition coefficient (Wildman–Crippen LogP) is 0.440. The lowest BCUT2D eigenvalue weighted by molar-refractivity contribution is -0.130. The van der Waals surface area contributed by atoms with E-state index in [1.807, 2.05) is 13.8 Å². The molecule has 0 saturated heterocycles. The number of hydrogen-bond acceptors (Lipinski definition) is 10. The molecule has 0 bridgehead atoms. The van der Waals surface area contributed by atoms with Crippen LogP contribution in [0, 0.1) is 0 Å². The number of hydrogen-bond donors (Lipinski definition) is 5. The summed E-state index contributed by atoms with van der Waals surface area (Å²) in [6.45, 7) is 13.8. The molecule has 0 aliphatic heterocycles. The maximum atomic E-state index is 13.1. The number of carbonyl (C=O) groups is 2. The van der Waals surface area contributed by atoms with E-state index in [1.54, 1.807) is 7.11 Å². The first-order valence-electron chi connectivity index (χ1n) is 14.0. The Balaban J connectivity index is 4.45. The molecule has 0 fully saturated rings. The minimum Gasteiger partial charge on any atom is -0.389 e. The average Bonchev–Trinajstić information content (AvgIpc) is 2.89. The van der Waals surface area contributed by atoms with Gasteiger partial charge in [0.25, 0.3) is 0 Å². The van der Waals surface area contributed by atoms with Crippen LogP contribution < -0.4 is 27.4 Å². The summed E-state index contributed by atoms with van der Waals surface area (Å²) in [5.74, 6) is -0.432. The zero-order valence-electron chi connectivity index (χ0n) is 24.5. The molecule has 0 saturated carbocycles. The zero-order valence-corrected chi connectivity index (χ0v) is 24.5. The Kier molecular flexibility index (Phi) is 24.0. The molecule has 0 unspecified atom stereocenters. The number of amides is 2. The maximum Gasteiger partial charge on any atom is 0.242 e. The van der Waals surface area contributed by atoms with Crippen molar-refractivity contribution in [3.05, 3.63) is 12.3 Å². The molecule has 0 rings (SSSR count). The molecule has 1 atom stereocenters. The van der Waals surface area contributed by atoms with Crippen molar-refractivity contribution in [1.29, 1.82) is 0 Å². The fraction of sp³-hybridized carbons (Fsp3) is 0.852. The van der Waals surface area contributed by atoms with Crippen LogP contribution in [0.15, 0.2) is 12.3 Å². The van der Waals surface area contributed by atoms with Crippen molar-refractivity contribution < 1.29 is 33.3 Å². The Bertz CT molecular complexity index is 638. The Morgan fingerprint density at radius 1 is 0.821 bits per heavy atom. The third kappa shape index (κ3) is 23.8. The van der Waals surface area contributed by atoms with Gasteiger partial charge in [0.2, 0.25) is 11.8 Å². The molecule has 39 heavy (non-hydrogen) atoms. The van der Waals surface area contributed by atoms with Gasteiger partial charge in [0.15, 0.2) is 0 Å². The van der Waals surface area contributed by atoms with Crippen molar-refractivity contribution in [1.82, 2.24) is 16.0 Å². The normalized spacial score (nSPS) is 12.2. The van der Waals surface area contributed by atoms with Gasteiger partial charge >= 0.3 is 0 Å². The largest absolute Gasteiger partial charge is 0.389 e. The Morgan fingerprint density at radius 2 is 1.38 bits per heavy atom. The molecule has 0 radical (unpaired) electrons. The number of nitrogens with two attached hydrogens (primary N) is 2. The van der Waals surface area contributed by atoms with Crippen LogP contribution in [0.2, 0.25) is 0 Å². The van der Waals surface area contributed by atoms with E-state index in [4.69, 9.17) is 35.2 Å². The van der Waals surface area contributed by atoms with E-state index in [2.05, 4.69) is 22.5 Å². The summed E-state index contributed by atoms with van der Waals surface area (Å²) in [4.78, 5) is 25.6. The molecule has 0 aromatic rings. The van der Waals surface area contributed by atoms with Crippen molar-refractivity contribution in [3.8, 4) is 0 Å². The predicted molar refractivity (Wildman–Crippen MR) is 152 cm³/mol. The summed E-state index contributed by atoms with van der Waals surface area (Å²) in [6, 6.07) is -0.634. The van der Waals surface area contributed by atoms with E-state index >= 15 is 0 Å². The molecule has 0 heterocycles. The highest BCUT2D eigenvalue weighted by molar-refractivity contribution is 5.88. The molecule has 0 aromatic heterocycles. The van der Waals surface area contributed by atoms with E-state index in [9.17, 15) is 9.59 Å². The highest BCUT2D eigenvalue weighted by Crippen LogP contribution is 2.11. The van der Waals surface area contributed by atoms with Gasteiger partial charge in [0.1, 0.15) is 6.04 Å². The van der Waals surface area contributed by atoms with Crippen LogP contribution in [0.4, 0.5) is 0 Å². The number of rotatable bonds is 28. The lowest BCUT2D eigenvalue weighted by atomic mass is 9.99. The molecule has 0 spiro atoms. The second kappa shape index (κ2) is 25.2. The number of unbranched alkanes of at least 4 members (excludes halogenated alkanes) is 1. The number of ether oxygens (including phenoxy) is 5. The first-order valence-corrected chi connectivity index (χ1v) is 14.0. The SMILES string of the molecule is C=C(CCOCCOCCN)NCCCC[C@H](NC(=O)CCOCCOCCN)C(=O)NC(C)(C)CCOC. The summed E-state index contributed by atoms with van der Waals surface area (Å²) in [5.41, 5.74) is 11.2. The van der Waals surface area contributed by atoms with E-state index in [0.29, 0.717) is 85.2 Å². The summed E-state index contributed by atoms with van der Waals surface area (Å²) < 4.78 is 26.6. The van der Waals surface area contributed by atoms with Crippen molar-refractivity contribution in [2.75, 3.05) is 86.2 Å². The molecule has 0 aliphatic carbocycles. The Morgan fingerprint density at radius 3 is 1.95 bits per heavy atom. The van der Waals surface area contributed by atoms with E-state index in [1.165, 1.54) is 0 Å². The highest BCUT2D eigenvalue weighted by atomic mass is 16.5. The van der Waals surface area contributed by atoms with Crippen LogP contribution in [-0.4, -0.2) is 110 Å². The maximum absolute atomic E-state index is 13.1. The lowest BCUT2D eigenvalue weighted by Gasteiger charge is -2.29. The van der Waals surface area contributed by atoms with Crippen molar-refractivity contribution in [2.45, 2.75) is 64.0 Å². The average molecular weight is 562 g/mol. The molecule has 12 nitrogen and oxygen atoms in total. The molecule has 2 amide bonds. The van der Waals surface area contributed by atoms with Gasteiger partial charge in [-0.1, -0.05) is 6.58 Å². The minimum absolute atomic E-state index is 0.163. The highest BCUT2D eigenvalue weighted by Gasteiger charge is 2.26. The van der Waals surface area contributed by atoms with Crippen molar-refractivity contribution in [3.63, 3.8) is 0 Å². The second-order valence-corrected chi connectivity index (χ2v) is 9.79. The topological polar surface area (TPSA) is 168 Å². The van der Waals surface area contributed by atoms with Crippen LogP contribution in [0.1, 0.15) is 52.4 Å². The third-order valence-corrected chi connectivity index (χ3v) is 5.63. The Labute approximate surface area is 235 Å². The standard InChI is InChI=1S/C27H55N5O7/c1-23(8-14-36-19-21-38-17-11-28)30-13-6-5-7-24(26(34)32-27(2,3)10-16-35-4)31-25(33)9-15-37-20-22-39-18-12-29/h24,30H,1,5-22,28-29H2,2-4H3,(H,31,33)(H,32,34)/t24-/m0/s1. The van der Waals surface area contributed by atoms with Gasteiger partial charge in [-0.2, -0.15) is 0 Å². The lowest BCUT2D eigenvalue weighted by Crippen LogP contribution is -2.53. The smallest absolute Gasteiger partial charge is 0.242 e. The van der Waals surface area contributed by atoms with Gasteiger partial charge in [0, 0.05) is 57.4 Å². The quantitative estimate of drug-likeness (QED) is 0.0845. The molecule has 7 N–H and O–H groups in total. The fourth-order valence-electron chi connectivity index (χ4n) is 3.37. The van der Waals surface area contributed by atoms with Crippen LogP contribution in [0.25, 0.3) is 0 Å². The zero-order chi connectivity index (χ0) is 29.2. The molecule has 230 valence electrons. The fourth-order valence-corrected chi connectivity index (χ4v) is 3.37. The molecular weight excluding hydrogens is 506 g/mol. The van der Waals surface area contributed by atoms with Crippen LogP contribution in [0.3, 0.4) is 0 Å². The minimum atomic E-state index is -0.634. The van der Waals surface area contributed by atoms with Gasteiger partial charge < -0.3 is 51.1 Å². The monoisotopic (exact) mass is 561 g/mol. The van der Waals surface area contributed by atoms with Crippen LogP contribution in [0.5, 0.6) is 0 Å². The summed E-state index contributed by atoms with van der Waals surface area (Å²) in [7, 11) is 1.63. The van der Waals surface area contributed by atoms with E-state index in [-0.39, 0.29) is 24.8 Å². The summed E-state index contributed by atoms with van der Waals surface area (Å²) in [5, 5.41) is 9.22. The second-order valence-electron chi connectivity index (χ2n) is 9.79. The molecule has 0 aliphatic rings. The summed E-state index contributed by atoms with van der Waals surface area (Å²) in [6.07, 6.45) is 3.62. The molecule has 0 aromatic carbocycles. The van der Waals surface area contributed by atoms with Crippen molar-refractivity contribution in [2.24, 2.45) is 11.5 Å². The number of nitrogens with one attached hydrogen (secondary N) is 3. The van der Waals surface area contributed by atoms with E-state index < -0.39 is 11.6 Å². The number of carbonyl (C=O) groups excluding carboxylic acids is 2. The van der Waals surface area contributed by atoms with Crippen molar-refractivity contribution >= 4 is 11.8 Å². The van der Waals surface area contributed by atoms with Crippen LogP contribution in [-0.2, 0) is 33.3 Å². The van der Waals surface area contributed by atoms with Gasteiger partial charge in [-0.15, -0.1) is 0 Å². The number of methoxy groups -OCH3 is 1. The van der Waals surface area contributed by atoms with E-state index in [0.717, 1.165) is 25.1 Å². The Hall–Kier alpha value is -1.80. The third-order valence-electron chi connectivity index (χ3n) is 5.63. The molecular formula is C27H55N5O7. The van der Waals surface area contributed by atoms with Crippen LogP contribution >= 0.6 is 0 Å². The van der Waals surface area contributed by atoms with Gasteiger partial charge in [-0.05, 0) is 39.5 Å².